The van der Waals surface area contributed by atoms with Gasteiger partial charge in [-0.2, -0.15) is 5.10 Å². The fraction of sp³-hybridized carbons (Fsp3) is 0.429. The summed E-state index contributed by atoms with van der Waals surface area (Å²) in [6, 6.07) is 5.53. The number of ether oxygens (including phenoxy) is 1. The van der Waals surface area contributed by atoms with Gasteiger partial charge >= 0.3 is 0 Å². The van der Waals surface area contributed by atoms with Crippen molar-refractivity contribution in [2.24, 2.45) is 7.05 Å². The van der Waals surface area contributed by atoms with Gasteiger partial charge in [0.15, 0.2) is 17.3 Å². The standard InChI is InChI=1S/C14H20N4O2/c1-10(11-4-5-12(19)13(8-11)20-3)15-7-6-14-16-9-18(2)17-14/h4-5,8-10,15,19H,6-7H2,1-3H3. The lowest BCUT2D eigenvalue weighted by Gasteiger charge is -2.15. The van der Waals surface area contributed by atoms with Crippen molar-refractivity contribution in [1.82, 2.24) is 20.1 Å². The molecule has 1 aromatic heterocycles. The molecule has 6 nitrogen and oxygen atoms in total. The van der Waals surface area contributed by atoms with Gasteiger partial charge in [0.05, 0.1) is 7.11 Å². The van der Waals surface area contributed by atoms with Crippen molar-refractivity contribution in [3.8, 4) is 11.5 Å². The zero-order valence-corrected chi connectivity index (χ0v) is 12.0. The molecule has 1 unspecified atom stereocenters. The molecule has 20 heavy (non-hydrogen) atoms. The summed E-state index contributed by atoms with van der Waals surface area (Å²) in [6.45, 7) is 2.85. The van der Waals surface area contributed by atoms with Crippen molar-refractivity contribution in [2.45, 2.75) is 19.4 Å². The maximum Gasteiger partial charge on any atom is 0.160 e. The molecule has 0 radical (unpaired) electrons. The zero-order valence-electron chi connectivity index (χ0n) is 12.0. The monoisotopic (exact) mass is 276 g/mol. The number of methoxy groups -OCH3 is 1. The van der Waals surface area contributed by atoms with Crippen molar-refractivity contribution in [3.63, 3.8) is 0 Å². The largest absolute Gasteiger partial charge is 0.504 e. The Bertz CT molecular complexity index is 568. The summed E-state index contributed by atoms with van der Waals surface area (Å²) in [5.74, 6) is 1.47. The van der Waals surface area contributed by atoms with E-state index in [4.69, 9.17) is 4.74 Å². The Hall–Kier alpha value is -2.08. The van der Waals surface area contributed by atoms with Crippen LogP contribution in [0.5, 0.6) is 11.5 Å². The van der Waals surface area contributed by atoms with E-state index >= 15 is 0 Å². The smallest absolute Gasteiger partial charge is 0.160 e. The first kappa shape index (κ1) is 14.3. The lowest BCUT2D eigenvalue weighted by atomic mass is 10.1. The second-order valence-electron chi connectivity index (χ2n) is 4.69. The molecular weight excluding hydrogens is 256 g/mol. The third-order valence-electron chi connectivity index (χ3n) is 3.15. The SMILES string of the molecule is COc1cc(C(C)NCCc2ncn(C)n2)ccc1O. The molecule has 0 spiro atoms. The summed E-state index contributed by atoms with van der Waals surface area (Å²) in [7, 11) is 3.40. The average molecular weight is 276 g/mol. The van der Waals surface area contributed by atoms with E-state index in [1.165, 1.54) is 0 Å². The van der Waals surface area contributed by atoms with Crippen LogP contribution in [-0.2, 0) is 13.5 Å². The van der Waals surface area contributed by atoms with Gasteiger partial charge in [-0.3, -0.25) is 4.68 Å². The van der Waals surface area contributed by atoms with Crippen LogP contribution in [0.1, 0.15) is 24.4 Å². The summed E-state index contributed by atoms with van der Waals surface area (Å²) < 4.78 is 6.81. The van der Waals surface area contributed by atoms with Crippen LogP contribution in [0.4, 0.5) is 0 Å². The van der Waals surface area contributed by atoms with Crippen LogP contribution >= 0.6 is 0 Å². The van der Waals surface area contributed by atoms with Crippen LogP contribution in [0.3, 0.4) is 0 Å². The molecule has 0 fully saturated rings. The van der Waals surface area contributed by atoms with E-state index in [0.29, 0.717) is 5.75 Å². The van der Waals surface area contributed by atoms with Gasteiger partial charge in [0, 0.05) is 26.1 Å². The van der Waals surface area contributed by atoms with Crippen molar-refractivity contribution < 1.29 is 9.84 Å². The molecule has 0 saturated carbocycles. The number of phenols is 1. The molecule has 2 aromatic rings. The predicted molar refractivity (Wildman–Crippen MR) is 75.8 cm³/mol. The Kier molecular flexibility index (Phi) is 4.57. The van der Waals surface area contributed by atoms with Crippen molar-refractivity contribution >= 4 is 0 Å². The van der Waals surface area contributed by atoms with Crippen LogP contribution < -0.4 is 10.1 Å². The topological polar surface area (TPSA) is 72.2 Å². The van der Waals surface area contributed by atoms with Gasteiger partial charge in [0.25, 0.3) is 0 Å². The molecule has 0 bridgehead atoms. The van der Waals surface area contributed by atoms with Crippen LogP contribution in [0.25, 0.3) is 0 Å². The lowest BCUT2D eigenvalue weighted by molar-refractivity contribution is 0.372. The molecule has 0 amide bonds. The number of aromatic hydroxyl groups is 1. The van der Waals surface area contributed by atoms with Gasteiger partial charge in [-0.25, -0.2) is 4.98 Å². The molecule has 2 rings (SSSR count). The molecule has 1 atom stereocenters. The second-order valence-corrected chi connectivity index (χ2v) is 4.69. The number of phenolic OH excluding ortho intramolecular Hbond substituents is 1. The minimum atomic E-state index is 0.154. The first-order valence-electron chi connectivity index (χ1n) is 6.55. The quantitative estimate of drug-likeness (QED) is 0.835. The molecule has 6 heteroatoms. The normalized spacial score (nSPS) is 12.3. The van der Waals surface area contributed by atoms with Crippen molar-refractivity contribution in [3.05, 3.63) is 35.9 Å². The maximum absolute atomic E-state index is 9.58. The van der Waals surface area contributed by atoms with E-state index in [0.717, 1.165) is 24.4 Å². The summed E-state index contributed by atoms with van der Waals surface area (Å²) in [6.07, 6.45) is 2.48. The van der Waals surface area contributed by atoms with Crippen LogP contribution in [0.15, 0.2) is 24.5 Å². The lowest BCUT2D eigenvalue weighted by Crippen LogP contribution is -2.21. The molecule has 0 saturated heterocycles. The highest BCUT2D eigenvalue weighted by Gasteiger charge is 2.09. The highest BCUT2D eigenvalue weighted by atomic mass is 16.5. The summed E-state index contributed by atoms with van der Waals surface area (Å²) >= 11 is 0. The third-order valence-corrected chi connectivity index (χ3v) is 3.15. The number of aromatic nitrogens is 3. The highest BCUT2D eigenvalue weighted by molar-refractivity contribution is 5.42. The Morgan fingerprint density at radius 3 is 2.90 bits per heavy atom. The molecule has 0 aliphatic heterocycles. The molecule has 0 aliphatic rings. The fourth-order valence-electron chi connectivity index (χ4n) is 1.98. The van der Waals surface area contributed by atoms with Gasteiger partial charge in [-0.15, -0.1) is 0 Å². The van der Waals surface area contributed by atoms with E-state index in [1.54, 1.807) is 24.2 Å². The third kappa shape index (κ3) is 3.48. The molecule has 1 aromatic carbocycles. The van der Waals surface area contributed by atoms with Crippen molar-refractivity contribution in [2.75, 3.05) is 13.7 Å². The van der Waals surface area contributed by atoms with Gasteiger partial charge in [0.2, 0.25) is 0 Å². The first-order valence-corrected chi connectivity index (χ1v) is 6.55. The van der Waals surface area contributed by atoms with Crippen LogP contribution in [0, 0.1) is 0 Å². The van der Waals surface area contributed by atoms with E-state index in [1.807, 2.05) is 19.2 Å². The van der Waals surface area contributed by atoms with Gasteiger partial charge in [-0.1, -0.05) is 6.07 Å². The molecule has 1 heterocycles. The van der Waals surface area contributed by atoms with Gasteiger partial charge in [0.1, 0.15) is 6.33 Å². The minimum absolute atomic E-state index is 0.154. The average Bonchev–Trinajstić information content (AvgIpc) is 2.85. The number of nitrogens with one attached hydrogen (secondary N) is 1. The Balaban J connectivity index is 1.89. The number of aryl methyl sites for hydroxylation is 1. The van der Waals surface area contributed by atoms with E-state index in [9.17, 15) is 5.11 Å². The van der Waals surface area contributed by atoms with Crippen LogP contribution in [0.2, 0.25) is 0 Å². The number of nitrogens with zero attached hydrogens (tertiary/aromatic N) is 3. The number of hydrogen-bond donors (Lipinski definition) is 2. The van der Waals surface area contributed by atoms with E-state index in [2.05, 4.69) is 22.3 Å². The summed E-state index contributed by atoms with van der Waals surface area (Å²) in [5.41, 5.74) is 1.06. The fourth-order valence-corrected chi connectivity index (χ4v) is 1.98. The maximum atomic E-state index is 9.58. The van der Waals surface area contributed by atoms with Gasteiger partial charge in [-0.05, 0) is 24.6 Å². The molecule has 0 aliphatic carbocycles. The van der Waals surface area contributed by atoms with Gasteiger partial charge < -0.3 is 15.2 Å². The zero-order chi connectivity index (χ0) is 14.5. The predicted octanol–water partition coefficient (Wildman–Crippen LogP) is 1.42. The number of rotatable bonds is 6. The minimum Gasteiger partial charge on any atom is -0.504 e. The highest BCUT2D eigenvalue weighted by Crippen LogP contribution is 2.28. The van der Waals surface area contributed by atoms with Crippen molar-refractivity contribution in [1.29, 1.82) is 0 Å². The summed E-state index contributed by atoms with van der Waals surface area (Å²) in [4.78, 5) is 4.18. The Labute approximate surface area is 118 Å². The molecular formula is C14H20N4O2. The number of hydrogen-bond acceptors (Lipinski definition) is 5. The molecule has 108 valence electrons. The number of benzene rings is 1. The summed E-state index contributed by atoms with van der Waals surface area (Å²) in [5, 5.41) is 17.2. The second kappa shape index (κ2) is 6.38. The van der Waals surface area contributed by atoms with E-state index in [-0.39, 0.29) is 11.8 Å². The van der Waals surface area contributed by atoms with E-state index < -0.39 is 0 Å². The Morgan fingerprint density at radius 2 is 2.25 bits per heavy atom. The van der Waals surface area contributed by atoms with Crippen LogP contribution in [-0.4, -0.2) is 33.5 Å². The molecule has 2 N–H and O–H groups in total. The first-order chi connectivity index (χ1) is 9.60. The Morgan fingerprint density at radius 1 is 1.45 bits per heavy atom.